The molecule has 0 spiro atoms. The molecule has 3 heteroatoms. The fourth-order valence-corrected chi connectivity index (χ4v) is 3.24. The molecule has 1 aliphatic rings. The van der Waals surface area contributed by atoms with E-state index in [1.54, 1.807) is 0 Å². The van der Waals surface area contributed by atoms with Gasteiger partial charge < -0.3 is 9.64 Å². The molecule has 0 saturated heterocycles. The third-order valence-electron chi connectivity index (χ3n) is 4.52. The first kappa shape index (κ1) is 14.9. The van der Waals surface area contributed by atoms with Gasteiger partial charge in [0.1, 0.15) is 6.54 Å². The van der Waals surface area contributed by atoms with Crippen molar-refractivity contribution in [2.75, 3.05) is 18.6 Å². The van der Waals surface area contributed by atoms with Crippen molar-refractivity contribution < 1.29 is 9.53 Å². The maximum atomic E-state index is 11.7. The summed E-state index contributed by atoms with van der Waals surface area (Å²) in [4.78, 5) is 13.9. The van der Waals surface area contributed by atoms with Crippen molar-refractivity contribution in [3.05, 3.63) is 28.8 Å². The van der Waals surface area contributed by atoms with Crippen LogP contribution >= 0.6 is 0 Å². The number of rotatable bonds is 2. The summed E-state index contributed by atoms with van der Waals surface area (Å²) in [6, 6.07) is 4.49. The van der Waals surface area contributed by atoms with Gasteiger partial charge in [0.05, 0.1) is 7.11 Å². The van der Waals surface area contributed by atoms with Crippen LogP contribution < -0.4 is 4.90 Å². The lowest BCUT2D eigenvalue weighted by molar-refractivity contribution is -0.139. The van der Waals surface area contributed by atoms with Crippen LogP contribution in [-0.2, 0) is 9.53 Å². The molecule has 1 aromatic rings. The fourth-order valence-electron chi connectivity index (χ4n) is 3.24. The van der Waals surface area contributed by atoms with Crippen LogP contribution in [0.2, 0.25) is 0 Å². The maximum absolute atomic E-state index is 11.7. The fraction of sp³-hybridized carbons (Fsp3) is 0.588. The Morgan fingerprint density at radius 2 is 1.95 bits per heavy atom. The Morgan fingerprint density at radius 1 is 1.35 bits per heavy atom. The number of aryl methyl sites for hydroxylation is 2. The number of methoxy groups -OCH3 is 1. The second-order valence-electron chi connectivity index (χ2n) is 6.58. The van der Waals surface area contributed by atoms with E-state index in [1.165, 1.54) is 29.5 Å². The number of nitrogens with zero attached hydrogens (tertiary/aromatic N) is 1. The molecule has 0 unspecified atom stereocenters. The zero-order valence-corrected chi connectivity index (χ0v) is 13.4. The lowest BCUT2D eigenvalue weighted by Gasteiger charge is -2.47. The van der Waals surface area contributed by atoms with Gasteiger partial charge in [-0.05, 0) is 62.8 Å². The van der Waals surface area contributed by atoms with Crippen molar-refractivity contribution in [3.8, 4) is 0 Å². The molecule has 0 aliphatic carbocycles. The van der Waals surface area contributed by atoms with Gasteiger partial charge in [-0.15, -0.1) is 0 Å². The van der Waals surface area contributed by atoms with E-state index in [1.807, 2.05) is 0 Å². The van der Waals surface area contributed by atoms with Gasteiger partial charge in [0.25, 0.3) is 0 Å². The number of benzene rings is 1. The third kappa shape index (κ3) is 2.54. The van der Waals surface area contributed by atoms with Gasteiger partial charge in [-0.25, -0.2) is 0 Å². The normalized spacial score (nSPS) is 20.5. The molecule has 1 aromatic carbocycles. The molecule has 1 heterocycles. The van der Waals surface area contributed by atoms with E-state index in [4.69, 9.17) is 4.74 Å². The first-order valence-electron chi connectivity index (χ1n) is 7.22. The van der Waals surface area contributed by atoms with E-state index >= 15 is 0 Å². The Bertz CT molecular complexity index is 534. The highest BCUT2D eigenvalue weighted by molar-refractivity contribution is 5.78. The van der Waals surface area contributed by atoms with E-state index in [-0.39, 0.29) is 11.5 Å². The predicted molar refractivity (Wildman–Crippen MR) is 82.4 cm³/mol. The molecule has 1 atom stereocenters. The van der Waals surface area contributed by atoms with Gasteiger partial charge in [-0.3, -0.25) is 4.79 Å². The number of hydrogen-bond donors (Lipinski definition) is 0. The molecular weight excluding hydrogens is 250 g/mol. The quantitative estimate of drug-likeness (QED) is 0.773. The van der Waals surface area contributed by atoms with Crippen molar-refractivity contribution >= 4 is 11.7 Å². The molecule has 0 N–H and O–H groups in total. The summed E-state index contributed by atoms with van der Waals surface area (Å²) in [5, 5.41) is 0. The van der Waals surface area contributed by atoms with Gasteiger partial charge >= 0.3 is 5.97 Å². The van der Waals surface area contributed by atoms with Crippen molar-refractivity contribution in [3.63, 3.8) is 0 Å². The average Bonchev–Trinajstić information content (AvgIpc) is 2.36. The second-order valence-corrected chi connectivity index (χ2v) is 6.58. The molecule has 20 heavy (non-hydrogen) atoms. The monoisotopic (exact) mass is 275 g/mol. The molecule has 1 aliphatic heterocycles. The lowest BCUT2D eigenvalue weighted by Crippen LogP contribution is -2.50. The maximum Gasteiger partial charge on any atom is 0.325 e. The van der Waals surface area contributed by atoms with E-state index < -0.39 is 0 Å². The predicted octanol–water partition coefficient (Wildman–Crippen LogP) is 3.57. The summed E-state index contributed by atoms with van der Waals surface area (Å²) in [5.41, 5.74) is 5.07. The molecule has 0 amide bonds. The zero-order chi connectivity index (χ0) is 15.1. The molecule has 0 fully saturated rings. The second kappa shape index (κ2) is 5.12. The summed E-state index contributed by atoms with van der Waals surface area (Å²) < 4.78 is 4.86. The van der Waals surface area contributed by atoms with Crippen molar-refractivity contribution in [1.82, 2.24) is 0 Å². The van der Waals surface area contributed by atoms with Crippen LogP contribution in [0.15, 0.2) is 12.1 Å². The molecule has 0 bridgehead atoms. The summed E-state index contributed by atoms with van der Waals surface area (Å²) >= 11 is 0. The van der Waals surface area contributed by atoms with Gasteiger partial charge in [0, 0.05) is 11.2 Å². The first-order chi connectivity index (χ1) is 9.26. The molecule has 110 valence electrons. The van der Waals surface area contributed by atoms with Crippen LogP contribution in [0.25, 0.3) is 0 Å². The highest BCUT2D eigenvalue weighted by Gasteiger charge is 2.37. The third-order valence-corrected chi connectivity index (χ3v) is 4.52. The minimum atomic E-state index is -0.184. The van der Waals surface area contributed by atoms with Crippen LogP contribution in [-0.4, -0.2) is 25.2 Å². The van der Waals surface area contributed by atoms with E-state index in [2.05, 4.69) is 51.7 Å². The molecule has 0 radical (unpaired) electrons. The van der Waals surface area contributed by atoms with Gasteiger partial charge in [-0.2, -0.15) is 0 Å². The highest BCUT2D eigenvalue weighted by atomic mass is 16.5. The van der Waals surface area contributed by atoms with Crippen LogP contribution in [0, 0.1) is 13.8 Å². The summed E-state index contributed by atoms with van der Waals surface area (Å²) in [6.07, 6.45) is 1.04. The Morgan fingerprint density at radius 3 is 2.55 bits per heavy atom. The van der Waals surface area contributed by atoms with Crippen molar-refractivity contribution in [1.29, 1.82) is 0 Å². The number of carbonyl (C=O) groups is 1. The number of hydrogen-bond acceptors (Lipinski definition) is 3. The van der Waals surface area contributed by atoms with E-state index in [0.29, 0.717) is 12.5 Å². The molecule has 0 aromatic heterocycles. The van der Waals surface area contributed by atoms with Gasteiger partial charge in [-0.1, -0.05) is 13.0 Å². The average molecular weight is 275 g/mol. The molecular formula is C17H25NO2. The molecule has 0 saturated carbocycles. The number of ether oxygens (including phenoxy) is 1. The number of anilines is 1. The largest absolute Gasteiger partial charge is 0.468 e. The minimum absolute atomic E-state index is 0.0394. The highest BCUT2D eigenvalue weighted by Crippen LogP contribution is 2.44. The summed E-state index contributed by atoms with van der Waals surface area (Å²) in [7, 11) is 1.45. The molecule has 2 rings (SSSR count). The van der Waals surface area contributed by atoms with Crippen molar-refractivity contribution in [2.24, 2.45) is 0 Å². The van der Waals surface area contributed by atoms with Crippen LogP contribution in [0.4, 0.5) is 5.69 Å². The number of esters is 1. The van der Waals surface area contributed by atoms with Crippen LogP contribution in [0.3, 0.4) is 0 Å². The van der Waals surface area contributed by atoms with Crippen LogP contribution in [0.5, 0.6) is 0 Å². The number of carbonyl (C=O) groups excluding carboxylic acids is 1. The lowest BCUT2D eigenvalue weighted by atomic mass is 9.79. The SMILES string of the molecule is COC(=O)CN1c2cc(C)c(C)cc2[C@H](C)CC1(C)C. The van der Waals surface area contributed by atoms with E-state index in [0.717, 1.165) is 6.42 Å². The Kier molecular flexibility index (Phi) is 3.81. The number of fused-ring (bicyclic) bond motifs is 1. The van der Waals surface area contributed by atoms with Gasteiger partial charge in [0.15, 0.2) is 0 Å². The van der Waals surface area contributed by atoms with Gasteiger partial charge in [0.2, 0.25) is 0 Å². The van der Waals surface area contributed by atoms with E-state index in [9.17, 15) is 4.79 Å². The molecule has 3 nitrogen and oxygen atoms in total. The Balaban J connectivity index is 2.52. The smallest absolute Gasteiger partial charge is 0.325 e. The van der Waals surface area contributed by atoms with Crippen molar-refractivity contribution in [2.45, 2.75) is 52.5 Å². The minimum Gasteiger partial charge on any atom is -0.468 e. The zero-order valence-electron chi connectivity index (χ0n) is 13.4. The Hall–Kier alpha value is -1.51. The first-order valence-corrected chi connectivity index (χ1v) is 7.22. The van der Waals surface area contributed by atoms with Crippen LogP contribution in [0.1, 0.15) is 49.8 Å². The summed E-state index contributed by atoms with van der Waals surface area (Å²) in [6.45, 7) is 11.2. The topological polar surface area (TPSA) is 29.5 Å². The standard InChI is InChI=1S/C17H25NO2/c1-11-7-14-13(3)9-17(4,5)18(10-16(19)20-6)15(14)8-12(11)2/h7-8,13H,9-10H2,1-6H3/t13-/m1/s1. The summed E-state index contributed by atoms with van der Waals surface area (Å²) in [5.74, 6) is 0.324. The Labute approximate surface area is 121 Å².